The van der Waals surface area contributed by atoms with Crippen LogP contribution in [-0.2, 0) is 13.0 Å². The lowest BCUT2D eigenvalue weighted by Crippen LogP contribution is -2.39. The van der Waals surface area contributed by atoms with E-state index in [0.29, 0.717) is 5.92 Å². The number of piperidine rings is 1. The molecule has 1 aliphatic rings. The monoisotopic (exact) mass is 365 g/mol. The Bertz CT molecular complexity index is 734. The molecule has 144 valence electrons. The van der Waals surface area contributed by atoms with E-state index in [-0.39, 0.29) is 6.03 Å². The fourth-order valence-corrected chi connectivity index (χ4v) is 3.65. The van der Waals surface area contributed by atoms with Gasteiger partial charge in [-0.1, -0.05) is 48.9 Å². The standard InChI is InChI=1S/C23H31N3O/c1-3-19-7-9-22(10-8-19)25-23(27)24-16-20-11-13-26(14-12-20)17-21-6-4-5-18(2)15-21/h4-10,15,20H,3,11-14,16-17H2,1-2H3,(H2,24,25,27). The Balaban J connectivity index is 1.36. The molecule has 0 aromatic heterocycles. The molecule has 1 aliphatic heterocycles. The molecule has 27 heavy (non-hydrogen) atoms. The van der Waals surface area contributed by atoms with Crippen LogP contribution in [0.5, 0.6) is 0 Å². The average molecular weight is 366 g/mol. The van der Waals surface area contributed by atoms with E-state index in [4.69, 9.17) is 0 Å². The summed E-state index contributed by atoms with van der Waals surface area (Å²) >= 11 is 0. The highest BCUT2D eigenvalue weighted by Crippen LogP contribution is 2.19. The van der Waals surface area contributed by atoms with Crippen molar-refractivity contribution in [2.45, 2.75) is 39.7 Å². The zero-order valence-corrected chi connectivity index (χ0v) is 16.5. The van der Waals surface area contributed by atoms with E-state index in [2.05, 4.69) is 65.8 Å². The predicted molar refractivity (Wildman–Crippen MR) is 112 cm³/mol. The molecule has 0 spiro atoms. The van der Waals surface area contributed by atoms with Crippen LogP contribution in [0.15, 0.2) is 48.5 Å². The van der Waals surface area contributed by atoms with E-state index in [1.807, 2.05) is 12.1 Å². The van der Waals surface area contributed by atoms with Crippen molar-refractivity contribution >= 4 is 11.7 Å². The van der Waals surface area contributed by atoms with E-state index in [1.165, 1.54) is 16.7 Å². The number of likely N-dealkylation sites (tertiary alicyclic amines) is 1. The average Bonchev–Trinajstić information content (AvgIpc) is 2.68. The van der Waals surface area contributed by atoms with Crippen molar-refractivity contribution in [1.29, 1.82) is 0 Å². The van der Waals surface area contributed by atoms with Gasteiger partial charge in [0.2, 0.25) is 0 Å². The van der Waals surface area contributed by atoms with Gasteiger partial charge in [0, 0.05) is 18.8 Å². The van der Waals surface area contributed by atoms with Crippen LogP contribution in [-0.4, -0.2) is 30.6 Å². The van der Waals surface area contributed by atoms with Crippen LogP contribution in [0.25, 0.3) is 0 Å². The number of aryl methyl sites for hydroxylation is 2. The number of amides is 2. The van der Waals surface area contributed by atoms with Gasteiger partial charge >= 0.3 is 6.03 Å². The van der Waals surface area contributed by atoms with Gasteiger partial charge in [-0.2, -0.15) is 0 Å². The summed E-state index contributed by atoms with van der Waals surface area (Å²) in [5, 5.41) is 5.95. The van der Waals surface area contributed by atoms with E-state index in [0.717, 1.165) is 51.1 Å². The molecule has 1 fully saturated rings. The molecular weight excluding hydrogens is 334 g/mol. The first-order valence-electron chi connectivity index (χ1n) is 10.0. The summed E-state index contributed by atoms with van der Waals surface area (Å²) in [5.41, 5.74) is 4.83. The van der Waals surface area contributed by atoms with Gasteiger partial charge in [0.05, 0.1) is 0 Å². The molecule has 0 unspecified atom stereocenters. The summed E-state index contributed by atoms with van der Waals surface area (Å²) in [4.78, 5) is 14.6. The predicted octanol–water partition coefficient (Wildman–Crippen LogP) is 4.59. The summed E-state index contributed by atoms with van der Waals surface area (Å²) in [6.45, 7) is 8.24. The Morgan fingerprint density at radius 1 is 1.07 bits per heavy atom. The fraction of sp³-hybridized carbons (Fsp3) is 0.435. The molecule has 0 atom stereocenters. The second kappa shape index (κ2) is 9.56. The largest absolute Gasteiger partial charge is 0.338 e. The van der Waals surface area contributed by atoms with Crippen molar-refractivity contribution < 1.29 is 4.79 Å². The van der Waals surface area contributed by atoms with Crippen molar-refractivity contribution in [1.82, 2.24) is 10.2 Å². The van der Waals surface area contributed by atoms with Crippen LogP contribution in [0, 0.1) is 12.8 Å². The number of urea groups is 1. The smallest absolute Gasteiger partial charge is 0.319 e. The molecule has 0 saturated carbocycles. The lowest BCUT2D eigenvalue weighted by Gasteiger charge is -2.32. The first-order chi connectivity index (χ1) is 13.1. The quantitative estimate of drug-likeness (QED) is 0.786. The summed E-state index contributed by atoms with van der Waals surface area (Å²) < 4.78 is 0. The van der Waals surface area contributed by atoms with Gasteiger partial charge in [-0.25, -0.2) is 4.79 Å². The first kappa shape index (κ1) is 19.4. The van der Waals surface area contributed by atoms with Crippen LogP contribution in [0.3, 0.4) is 0 Å². The van der Waals surface area contributed by atoms with E-state index in [9.17, 15) is 4.79 Å². The molecule has 0 aliphatic carbocycles. The van der Waals surface area contributed by atoms with Crippen LogP contribution < -0.4 is 10.6 Å². The molecule has 2 amide bonds. The third kappa shape index (κ3) is 6.10. The Labute approximate surface area is 163 Å². The lowest BCUT2D eigenvalue weighted by molar-refractivity contribution is 0.175. The minimum Gasteiger partial charge on any atom is -0.338 e. The lowest BCUT2D eigenvalue weighted by atomic mass is 9.96. The van der Waals surface area contributed by atoms with Crippen molar-refractivity contribution in [2.75, 3.05) is 25.0 Å². The molecular formula is C23H31N3O. The number of hydrogen-bond acceptors (Lipinski definition) is 2. The summed E-state index contributed by atoms with van der Waals surface area (Å²) in [6, 6.07) is 16.7. The molecule has 2 N–H and O–H groups in total. The molecule has 1 heterocycles. The first-order valence-corrected chi connectivity index (χ1v) is 10.0. The van der Waals surface area contributed by atoms with Crippen molar-refractivity contribution in [2.24, 2.45) is 5.92 Å². The van der Waals surface area contributed by atoms with Crippen LogP contribution in [0.1, 0.15) is 36.5 Å². The van der Waals surface area contributed by atoms with Crippen molar-refractivity contribution in [3.8, 4) is 0 Å². The van der Waals surface area contributed by atoms with Crippen LogP contribution in [0.4, 0.5) is 10.5 Å². The molecule has 4 heteroatoms. The van der Waals surface area contributed by atoms with Gasteiger partial charge in [-0.3, -0.25) is 4.90 Å². The van der Waals surface area contributed by atoms with Gasteiger partial charge in [-0.05, 0) is 68.5 Å². The number of anilines is 1. The Hall–Kier alpha value is -2.33. The third-order valence-electron chi connectivity index (χ3n) is 5.37. The maximum Gasteiger partial charge on any atom is 0.319 e. The number of hydrogen-bond donors (Lipinski definition) is 2. The molecule has 4 nitrogen and oxygen atoms in total. The van der Waals surface area contributed by atoms with Gasteiger partial charge in [0.25, 0.3) is 0 Å². The van der Waals surface area contributed by atoms with Crippen LogP contribution in [0.2, 0.25) is 0 Å². The number of carbonyl (C=O) groups excluding carboxylic acids is 1. The fourth-order valence-electron chi connectivity index (χ4n) is 3.65. The third-order valence-corrected chi connectivity index (χ3v) is 5.37. The highest BCUT2D eigenvalue weighted by Gasteiger charge is 2.19. The maximum atomic E-state index is 12.1. The number of nitrogens with one attached hydrogen (secondary N) is 2. The Kier molecular flexibility index (Phi) is 6.88. The molecule has 0 radical (unpaired) electrons. The Morgan fingerprint density at radius 3 is 2.48 bits per heavy atom. The molecule has 0 bridgehead atoms. The van der Waals surface area contributed by atoms with E-state index >= 15 is 0 Å². The van der Waals surface area contributed by atoms with E-state index in [1.54, 1.807) is 0 Å². The van der Waals surface area contributed by atoms with E-state index < -0.39 is 0 Å². The SMILES string of the molecule is CCc1ccc(NC(=O)NCC2CCN(Cc3cccc(C)c3)CC2)cc1. The second-order valence-electron chi connectivity index (χ2n) is 7.59. The zero-order chi connectivity index (χ0) is 19.1. The molecule has 2 aromatic carbocycles. The Morgan fingerprint density at radius 2 is 1.81 bits per heavy atom. The van der Waals surface area contributed by atoms with Gasteiger partial charge in [-0.15, -0.1) is 0 Å². The normalized spacial score (nSPS) is 15.5. The van der Waals surface area contributed by atoms with Crippen LogP contribution >= 0.6 is 0 Å². The summed E-state index contributed by atoms with van der Waals surface area (Å²) in [6.07, 6.45) is 3.28. The minimum absolute atomic E-state index is 0.110. The van der Waals surface area contributed by atoms with Crippen molar-refractivity contribution in [3.63, 3.8) is 0 Å². The van der Waals surface area contributed by atoms with Gasteiger partial charge in [0.15, 0.2) is 0 Å². The minimum atomic E-state index is -0.110. The maximum absolute atomic E-state index is 12.1. The van der Waals surface area contributed by atoms with Gasteiger partial charge < -0.3 is 10.6 Å². The summed E-state index contributed by atoms with van der Waals surface area (Å²) in [7, 11) is 0. The highest BCUT2D eigenvalue weighted by atomic mass is 16.2. The molecule has 2 aromatic rings. The molecule has 1 saturated heterocycles. The highest BCUT2D eigenvalue weighted by molar-refractivity contribution is 5.89. The summed E-state index contributed by atoms with van der Waals surface area (Å²) in [5.74, 6) is 0.562. The second-order valence-corrected chi connectivity index (χ2v) is 7.59. The number of carbonyl (C=O) groups is 1. The topological polar surface area (TPSA) is 44.4 Å². The number of benzene rings is 2. The van der Waals surface area contributed by atoms with Crippen molar-refractivity contribution in [3.05, 3.63) is 65.2 Å². The van der Waals surface area contributed by atoms with Gasteiger partial charge in [0.1, 0.15) is 0 Å². The zero-order valence-electron chi connectivity index (χ0n) is 16.5. The number of nitrogens with zero attached hydrogens (tertiary/aromatic N) is 1. The number of rotatable bonds is 6. The molecule has 3 rings (SSSR count).